The first-order valence-corrected chi connectivity index (χ1v) is 5.05. The van der Waals surface area contributed by atoms with Crippen molar-refractivity contribution < 1.29 is 5.11 Å². The van der Waals surface area contributed by atoms with E-state index in [4.69, 9.17) is 10.4 Å². The van der Waals surface area contributed by atoms with Crippen LogP contribution in [-0.4, -0.2) is 17.8 Å². The Balaban J connectivity index is 2.68. The summed E-state index contributed by atoms with van der Waals surface area (Å²) in [6.07, 6.45) is 0. The predicted octanol–water partition coefficient (Wildman–Crippen LogP) is 1.99. The molecule has 0 saturated carbocycles. The molecule has 80 valence electrons. The molecule has 3 heteroatoms. The van der Waals surface area contributed by atoms with Crippen molar-refractivity contribution in [1.29, 1.82) is 5.26 Å². The molecule has 0 radical (unpaired) electrons. The lowest BCUT2D eigenvalue weighted by Gasteiger charge is -2.21. The molecule has 3 nitrogen and oxygen atoms in total. The molecule has 0 fully saturated rings. The van der Waals surface area contributed by atoms with Crippen LogP contribution in [0.2, 0.25) is 0 Å². The van der Waals surface area contributed by atoms with Crippen molar-refractivity contribution in [2.45, 2.75) is 19.9 Å². The normalized spacial score (nSPS) is 12.2. The maximum Gasteiger partial charge on any atom is 0.0991 e. The molecule has 0 saturated heterocycles. The summed E-state index contributed by atoms with van der Waals surface area (Å²) in [5.41, 5.74) is 1.58. The molecule has 0 aliphatic carbocycles. The monoisotopic (exact) mass is 204 g/mol. The topological polar surface area (TPSA) is 56.0 Å². The van der Waals surface area contributed by atoms with Crippen molar-refractivity contribution in [3.05, 3.63) is 29.8 Å². The molecular weight excluding hydrogens is 188 g/mol. The van der Waals surface area contributed by atoms with Gasteiger partial charge in [0.2, 0.25) is 0 Å². The van der Waals surface area contributed by atoms with Crippen LogP contribution in [0.3, 0.4) is 0 Å². The van der Waals surface area contributed by atoms with Gasteiger partial charge >= 0.3 is 0 Å². The lowest BCUT2D eigenvalue weighted by Crippen LogP contribution is -2.29. The third kappa shape index (κ3) is 3.26. The van der Waals surface area contributed by atoms with Crippen LogP contribution in [0, 0.1) is 17.2 Å². The van der Waals surface area contributed by atoms with Crippen molar-refractivity contribution >= 4 is 5.69 Å². The van der Waals surface area contributed by atoms with Crippen molar-refractivity contribution in [3.63, 3.8) is 0 Å². The quantitative estimate of drug-likeness (QED) is 0.788. The summed E-state index contributed by atoms with van der Waals surface area (Å²) >= 11 is 0. The average molecular weight is 204 g/mol. The lowest BCUT2D eigenvalue weighted by molar-refractivity contribution is 0.249. The summed E-state index contributed by atoms with van der Waals surface area (Å²) in [4.78, 5) is 0. The van der Waals surface area contributed by atoms with Gasteiger partial charge in [-0.1, -0.05) is 13.8 Å². The minimum absolute atomic E-state index is 0.0536. The van der Waals surface area contributed by atoms with Crippen LogP contribution in [0.15, 0.2) is 24.3 Å². The number of anilines is 1. The van der Waals surface area contributed by atoms with E-state index < -0.39 is 0 Å². The summed E-state index contributed by atoms with van der Waals surface area (Å²) in [7, 11) is 0. The minimum atomic E-state index is 0.0536. The Morgan fingerprint density at radius 3 is 2.33 bits per heavy atom. The Bertz CT molecular complexity index is 338. The Morgan fingerprint density at radius 1 is 1.33 bits per heavy atom. The number of rotatable bonds is 4. The number of nitrogens with one attached hydrogen (secondary N) is 1. The highest BCUT2D eigenvalue weighted by molar-refractivity contribution is 5.47. The second kappa shape index (κ2) is 5.38. The van der Waals surface area contributed by atoms with E-state index in [-0.39, 0.29) is 12.6 Å². The SMILES string of the molecule is CC(C)[C@@H](CO)Nc1ccc(C#N)cc1. The minimum Gasteiger partial charge on any atom is -0.394 e. The Labute approximate surface area is 90.4 Å². The predicted molar refractivity (Wildman–Crippen MR) is 60.5 cm³/mol. The van der Waals surface area contributed by atoms with Gasteiger partial charge in [0.15, 0.2) is 0 Å². The summed E-state index contributed by atoms with van der Waals surface area (Å²) in [6.45, 7) is 4.22. The van der Waals surface area contributed by atoms with Gasteiger partial charge in [-0.3, -0.25) is 0 Å². The van der Waals surface area contributed by atoms with E-state index in [0.717, 1.165) is 5.69 Å². The van der Waals surface area contributed by atoms with Gasteiger partial charge in [0.05, 0.1) is 24.3 Å². The number of aliphatic hydroxyl groups excluding tert-OH is 1. The molecule has 0 aliphatic rings. The Hall–Kier alpha value is -1.53. The first kappa shape index (κ1) is 11.5. The zero-order valence-corrected chi connectivity index (χ0v) is 9.07. The third-order valence-corrected chi connectivity index (χ3v) is 2.37. The molecular formula is C12H16N2O. The number of aliphatic hydroxyl groups is 1. The van der Waals surface area contributed by atoms with E-state index in [1.807, 2.05) is 12.1 Å². The Kier molecular flexibility index (Phi) is 4.14. The molecule has 2 N–H and O–H groups in total. The molecule has 0 aromatic heterocycles. The summed E-state index contributed by atoms with van der Waals surface area (Å²) in [5.74, 6) is 0.366. The van der Waals surface area contributed by atoms with Crippen molar-refractivity contribution in [1.82, 2.24) is 0 Å². The zero-order valence-electron chi connectivity index (χ0n) is 9.07. The number of nitriles is 1. The summed E-state index contributed by atoms with van der Waals surface area (Å²) in [5, 5.41) is 21.0. The van der Waals surface area contributed by atoms with E-state index in [9.17, 15) is 0 Å². The molecule has 0 amide bonds. The fourth-order valence-corrected chi connectivity index (χ4v) is 1.28. The van der Waals surface area contributed by atoms with Gasteiger partial charge < -0.3 is 10.4 Å². The van der Waals surface area contributed by atoms with E-state index in [1.54, 1.807) is 12.1 Å². The summed E-state index contributed by atoms with van der Waals surface area (Å²) < 4.78 is 0. The van der Waals surface area contributed by atoms with Gasteiger partial charge in [0, 0.05) is 5.69 Å². The van der Waals surface area contributed by atoms with Gasteiger partial charge in [-0.25, -0.2) is 0 Å². The van der Waals surface area contributed by atoms with Crippen molar-refractivity contribution in [3.8, 4) is 6.07 Å². The highest BCUT2D eigenvalue weighted by Gasteiger charge is 2.11. The van der Waals surface area contributed by atoms with E-state index in [0.29, 0.717) is 11.5 Å². The first-order chi connectivity index (χ1) is 7.17. The fourth-order valence-electron chi connectivity index (χ4n) is 1.28. The third-order valence-electron chi connectivity index (χ3n) is 2.37. The highest BCUT2D eigenvalue weighted by Crippen LogP contribution is 2.13. The highest BCUT2D eigenvalue weighted by atomic mass is 16.3. The molecule has 1 atom stereocenters. The number of hydrogen-bond donors (Lipinski definition) is 2. The zero-order chi connectivity index (χ0) is 11.3. The van der Waals surface area contributed by atoms with Crippen LogP contribution in [0.25, 0.3) is 0 Å². The largest absolute Gasteiger partial charge is 0.394 e. The molecule has 0 bridgehead atoms. The smallest absolute Gasteiger partial charge is 0.0991 e. The molecule has 1 aromatic rings. The van der Waals surface area contributed by atoms with Crippen LogP contribution in [0.1, 0.15) is 19.4 Å². The van der Waals surface area contributed by atoms with Crippen LogP contribution >= 0.6 is 0 Å². The van der Waals surface area contributed by atoms with Gasteiger partial charge in [-0.05, 0) is 30.2 Å². The van der Waals surface area contributed by atoms with Gasteiger partial charge in [-0.2, -0.15) is 5.26 Å². The fraction of sp³-hybridized carbons (Fsp3) is 0.417. The molecule has 0 aliphatic heterocycles. The van der Waals surface area contributed by atoms with E-state index in [1.165, 1.54) is 0 Å². The van der Waals surface area contributed by atoms with E-state index in [2.05, 4.69) is 25.2 Å². The maximum absolute atomic E-state index is 9.14. The first-order valence-electron chi connectivity index (χ1n) is 5.05. The molecule has 15 heavy (non-hydrogen) atoms. The summed E-state index contributed by atoms with van der Waals surface area (Å²) in [6, 6.07) is 9.34. The Morgan fingerprint density at radius 2 is 1.93 bits per heavy atom. The molecule has 1 aromatic carbocycles. The van der Waals surface area contributed by atoms with Gasteiger partial charge in [0.1, 0.15) is 0 Å². The average Bonchev–Trinajstić information content (AvgIpc) is 2.26. The van der Waals surface area contributed by atoms with Gasteiger partial charge in [-0.15, -0.1) is 0 Å². The number of benzene rings is 1. The van der Waals surface area contributed by atoms with Crippen LogP contribution in [0.5, 0.6) is 0 Å². The van der Waals surface area contributed by atoms with Gasteiger partial charge in [0.25, 0.3) is 0 Å². The maximum atomic E-state index is 9.14. The van der Waals surface area contributed by atoms with E-state index >= 15 is 0 Å². The second-order valence-corrected chi connectivity index (χ2v) is 3.87. The number of nitrogens with zero attached hydrogens (tertiary/aromatic N) is 1. The van der Waals surface area contributed by atoms with Crippen molar-refractivity contribution in [2.24, 2.45) is 5.92 Å². The lowest BCUT2D eigenvalue weighted by atomic mass is 10.0. The molecule has 1 rings (SSSR count). The van der Waals surface area contributed by atoms with Crippen LogP contribution in [-0.2, 0) is 0 Å². The molecule has 0 heterocycles. The van der Waals surface area contributed by atoms with Crippen LogP contribution in [0.4, 0.5) is 5.69 Å². The molecule has 0 spiro atoms. The standard InChI is InChI=1S/C12H16N2O/c1-9(2)12(8-15)14-11-5-3-10(7-13)4-6-11/h3-6,9,12,14-15H,8H2,1-2H3/t12-/m1/s1. The second-order valence-electron chi connectivity index (χ2n) is 3.87. The molecule has 0 unspecified atom stereocenters. The number of hydrogen-bond acceptors (Lipinski definition) is 3. The van der Waals surface area contributed by atoms with Crippen molar-refractivity contribution in [2.75, 3.05) is 11.9 Å². The van der Waals surface area contributed by atoms with Crippen LogP contribution < -0.4 is 5.32 Å².